The lowest BCUT2D eigenvalue weighted by Gasteiger charge is -2.11. The van der Waals surface area contributed by atoms with Gasteiger partial charge in [-0.3, -0.25) is 14.9 Å². The smallest absolute Gasteiger partial charge is 0.311 e. The van der Waals surface area contributed by atoms with Crippen molar-refractivity contribution in [3.05, 3.63) is 33.9 Å². The Balaban J connectivity index is 2.87. The average molecular weight is 283 g/mol. The molecule has 0 bridgehead atoms. The SMILES string of the molecule is CCOc1ccc(C(O)CCC(=O)OC)cc1[N+](=O)[O-]. The van der Waals surface area contributed by atoms with Crippen LogP contribution in [-0.4, -0.2) is 29.7 Å². The van der Waals surface area contributed by atoms with Crippen LogP contribution < -0.4 is 4.74 Å². The number of hydrogen-bond acceptors (Lipinski definition) is 6. The molecule has 0 spiro atoms. The highest BCUT2D eigenvalue weighted by Crippen LogP contribution is 2.31. The molecule has 0 aliphatic heterocycles. The summed E-state index contributed by atoms with van der Waals surface area (Å²) in [6.07, 6.45) is -0.792. The van der Waals surface area contributed by atoms with Crippen LogP contribution in [0.25, 0.3) is 0 Å². The van der Waals surface area contributed by atoms with Crippen molar-refractivity contribution >= 4 is 11.7 Å². The van der Waals surface area contributed by atoms with E-state index in [9.17, 15) is 20.0 Å². The predicted molar refractivity (Wildman–Crippen MR) is 70.5 cm³/mol. The quantitative estimate of drug-likeness (QED) is 0.466. The summed E-state index contributed by atoms with van der Waals surface area (Å²) < 4.78 is 9.62. The minimum atomic E-state index is -0.969. The molecule has 0 aromatic heterocycles. The van der Waals surface area contributed by atoms with Crippen LogP contribution in [0.15, 0.2) is 18.2 Å². The van der Waals surface area contributed by atoms with Crippen LogP contribution in [-0.2, 0) is 9.53 Å². The summed E-state index contributed by atoms with van der Waals surface area (Å²) in [6.45, 7) is 2.04. The molecule has 20 heavy (non-hydrogen) atoms. The monoisotopic (exact) mass is 283 g/mol. The molecular weight excluding hydrogens is 266 g/mol. The Kier molecular flexibility index (Phi) is 5.92. The maximum atomic E-state index is 11.0. The summed E-state index contributed by atoms with van der Waals surface area (Å²) in [5.41, 5.74) is 0.158. The molecule has 1 N–H and O–H groups in total. The van der Waals surface area contributed by atoms with Crippen molar-refractivity contribution in [2.45, 2.75) is 25.9 Å². The molecule has 0 radical (unpaired) electrons. The van der Waals surface area contributed by atoms with E-state index in [1.807, 2.05) is 0 Å². The maximum absolute atomic E-state index is 11.0. The van der Waals surface area contributed by atoms with E-state index in [-0.39, 0.29) is 24.3 Å². The Morgan fingerprint density at radius 3 is 2.75 bits per heavy atom. The highest BCUT2D eigenvalue weighted by atomic mass is 16.6. The summed E-state index contributed by atoms with van der Waals surface area (Å²) in [6, 6.07) is 4.24. The number of rotatable bonds is 7. The van der Waals surface area contributed by atoms with Gasteiger partial charge >= 0.3 is 11.7 Å². The van der Waals surface area contributed by atoms with E-state index < -0.39 is 17.0 Å². The fourth-order valence-electron chi connectivity index (χ4n) is 1.69. The molecule has 0 saturated heterocycles. The zero-order valence-electron chi connectivity index (χ0n) is 11.4. The second kappa shape index (κ2) is 7.44. The van der Waals surface area contributed by atoms with Crippen molar-refractivity contribution in [3.63, 3.8) is 0 Å². The van der Waals surface area contributed by atoms with Crippen LogP contribution in [0.5, 0.6) is 5.75 Å². The van der Waals surface area contributed by atoms with Crippen LogP contribution in [0.2, 0.25) is 0 Å². The van der Waals surface area contributed by atoms with Gasteiger partial charge in [-0.05, 0) is 25.0 Å². The van der Waals surface area contributed by atoms with Gasteiger partial charge in [-0.25, -0.2) is 0 Å². The lowest BCUT2D eigenvalue weighted by atomic mass is 10.0. The third-order valence-corrected chi connectivity index (χ3v) is 2.71. The summed E-state index contributed by atoms with van der Waals surface area (Å²) in [7, 11) is 1.26. The van der Waals surface area contributed by atoms with Crippen molar-refractivity contribution < 1.29 is 24.3 Å². The largest absolute Gasteiger partial charge is 0.487 e. The number of aliphatic hydroxyl groups is 1. The van der Waals surface area contributed by atoms with Crippen LogP contribution >= 0.6 is 0 Å². The predicted octanol–water partition coefficient (Wildman–Crippen LogP) is 1.98. The van der Waals surface area contributed by atoms with Gasteiger partial charge in [-0.15, -0.1) is 0 Å². The van der Waals surface area contributed by atoms with Crippen molar-refractivity contribution in [2.24, 2.45) is 0 Å². The molecule has 0 aliphatic rings. The number of carbonyl (C=O) groups is 1. The topological polar surface area (TPSA) is 98.9 Å². The molecule has 1 aromatic carbocycles. The summed E-state index contributed by atoms with van der Waals surface area (Å²) in [5.74, 6) is -0.286. The third kappa shape index (κ3) is 4.20. The second-order valence-corrected chi connectivity index (χ2v) is 4.05. The number of methoxy groups -OCH3 is 1. The van der Waals surface area contributed by atoms with Crippen molar-refractivity contribution in [1.29, 1.82) is 0 Å². The first kappa shape index (κ1) is 15.9. The third-order valence-electron chi connectivity index (χ3n) is 2.71. The lowest BCUT2D eigenvalue weighted by Crippen LogP contribution is -2.06. The van der Waals surface area contributed by atoms with Gasteiger partial charge in [-0.2, -0.15) is 0 Å². The van der Waals surface area contributed by atoms with Crippen LogP contribution in [0.4, 0.5) is 5.69 Å². The van der Waals surface area contributed by atoms with E-state index >= 15 is 0 Å². The molecule has 0 saturated carbocycles. The molecule has 110 valence electrons. The molecule has 1 unspecified atom stereocenters. The highest BCUT2D eigenvalue weighted by molar-refractivity contribution is 5.69. The number of ether oxygens (including phenoxy) is 2. The van der Waals surface area contributed by atoms with Gasteiger partial charge in [0.25, 0.3) is 0 Å². The fraction of sp³-hybridized carbons (Fsp3) is 0.462. The number of carbonyl (C=O) groups excluding carboxylic acids is 1. The van der Waals surface area contributed by atoms with Crippen LogP contribution in [0.3, 0.4) is 0 Å². The van der Waals surface area contributed by atoms with E-state index in [0.717, 1.165) is 0 Å². The molecule has 0 aliphatic carbocycles. The molecule has 7 heteroatoms. The summed E-state index contributed by atoms with van der Waals surface area (Å²) in [5, 5.41) is 20.9. The zero-order valence-corrected chi connectivity index (χ0v) is 11.4. The first-order valence-electron chi connectivity index (χ1n) is 6.15. The molecule has 0 fully saturated rings. The Bertz CT molecular complexity index is 488. The molecule has 0 amide bonds. The van der Waals surface area contributed by atoms with Gasteiger partial charge in [0.1, 0.15) is 0 Å². The van der Waals surface area contributed by atoms with Gasteiger partial charge in [0.2, 0.25) is 0 Å². The summed E-state index contributed by atoms with van der Waals surface area (Å²) >= 11 is 0. The number of nitro groups is 1. The molecular formula is C13H17NO6. The lowest BCUT2D eigenvalue weighted by molar-refractivity contribution is -0.386. The van der Waals surface area contributed by atoms with E-state index in [4.69, 9.17) is 4.74 Å². The van der Waals surface area contributed by atoms with Gasteiger partial charge < -0.3 is 14.6 Å². The minimum absolute atomic E-state index is 0.0404. The number of hydrogen-bond donors (Lipinski definition) is 1. The van der Waals surface area contributed by atoms with Crippen molar-refractivity contribution in [3.8, 4) is 5.75 Å². The Morgan fingerprint density at radius 1 is 1.50 bits per heavy atom. The number of nitrogens with zero attached hydrogens (tertiary/aromatic N) is 1. The number of aliphatic hydroxyl groups excluding tert-OH is 1. The zero-order chi connectivity index (χ0) is 15.1. The first-order valence-corrected chi connectivity index (χ1v) is 6.15. The van der Waals surface area contributed by atoms with E-state index in [1.165, 1.54) is 19.2 Å². The van der Waals surface area contributed by atoms with Crippen LogP contribution in [0.1, 0.15) is 31.4 Å². The summed E-state index contributed by atoms with van der Waals surface area (Å²) in [4.78, 5) is 21.4. The van der Waals surface area contributed by atoms with E-state index in [1.54, 1.807) is 13.0 Å². The standard InChI is InChI=1S/C13H17NO6/c1-3-20-12-6-4-9(8-10(12)14(17)18)11(15)5-7-13(16)19-2/h4,6,8,11,15H,3,5,7H2,1-2H3. The second-order valence-electron chi connectivity index (χ2n) is 4.05. The van der Waals surface area contributed by atoms with Crippen molar-refractivity contribution in [2.75, 3.05) is 13.7 Å². The molecule has 1 rings (SSSR count). The Hall–Kier alpha value is -2.15. The Morgan fingerprint density at radius 2 is 2.20 bits per heavy atom. The van der Waals surface area contributed by atoms with E-state index in [2.05, 4.69) is 4.74 Å². The maximum Gasteiger partial charge on any atom is 0.311 e. The molecule has 1 atom stereocenters. The molecule has 1 aromatic rings. The molecule has 0 heterocycles. The van der Waals surface area contributed by atoms with Gasteiger partial charge in [0.05, 0.1) is 24.7 Å². The average Bonchev–Trinajstić information content (AvgIpc) is 2.44. The normalized spacial score (nSPS) is 11.8. The molecule has 7 nitrogen and oxygen atoms in total. The minimum Gasteiger partial charge on any atom is -0.487 e. The van der Waals surface area contributed by atoms with Gasteiger partial charge in [-0.1, -0.05) is 6.07 Å². The number of esters is 1. The van der Waals surface area contributed by atoms with Crippen molar-refractivity contribution in [1.82, 2.24) is 0 Å². The Labute approximate surface area is 116 Å². The number of nitro benzene ring substituents is 1. The first-order chi connectivity index (χ1) is 9.49. The van der Waals surface area contributed by atoms with Crippen LogP contribution in [0, 0.1) is 10.1 Å². The van der Waals surface area contributed by atoms with Gasteiger partial charge in [0.15, 0.2) is 5.75 Å². The highest BCUT2D eigenvalue weighted by Gasteiger charge is 2.19. The fourth-order valence-corrected chi connectivity index (χ4v) is 1.69. The van der Waals surface area contributed by atoms with E-state index in [0.29, 0.717) is 12.2 Å². The van der Waals surface area contributed by atoms with Gasteiger partial charge in [0, 0.05) is 12.5 Å². The number of benzene rings is 1.